The number of hydrogen-bond acceptors (Lipinski definition) is 6. The standard InChI is InChI=1S/C38H43NO6/c1-38(2,3)45-37(40)39-22-21-31(28-17-19-30(20-18-28)43-23-11-14-27-12-7-6-8-13-27)35(25-39)44-26-29-24-34(41-4)32-15-9-10-16-33(32)36(29)42-5/h6-20,24,31,35H,21-23,25-26H2,1-5H3/b14-11+. The number of benzene rings is 4. The Kier molecular flexibility index (Phi) is 10.3. The number of carbonyl (C=O) groups excluding carboxylic acids is 1. The molecule has 1 amide bonds. The molecule has 5 rings (SSSR count). The molecule has 2 atom stereocenters. The van der Waals surface area contributed by atoms with Crippen molar-refractivity contribution in [2.75, 3.05) is 33.9 Å². The molecule has 0 N–H and O–H groups in total. The zero-order valence-electron chi connectivity index (χ0n) is 26.8. The van der Waals surface area contributed by atoms with Crippen LogP contribution in [0.15, 0.2) is 91.0 Å². The number of piperidine rings is 1. The van der Waals surface area contributed by atoms with Crippen molar-refractivity contribution in [3.63, 3.8) is 0 Å². The maximum atomic E-state index is 13.1. The van der Waals surface area contributed by atoms with Gasteiger partial charge in [-0.3, -0.25) is 0 Å². The smallest absolute Gasteiger partial charge is 0.410 e. The van der Waals surface area contributed by atoms with Crippen LogP contribution in [0.4, 0.5) is 4.79 Å². The zero-order chi connectivity index (χ0) is 31.8. The molecule has 0 spiro atoms. The van der Waals surface area contributed by atoms with Crippen molar-refractivity contribution in [1.29, 1.82) is 0 Å². The molecule has 4 aromatic carbocycles. The minimum absolute atomic E-state index is 0.0732. The molecule has 4 aromatic rings. The van der Waals surface area contributed by atoms with E-state index in [2.05, 4.69) is 30.3 Å². The van der Waals surface area contributed by atoms with Crippen LogP contribution in [0.25, 0.3) is 16.8 Å². The van der Waals surface area contributed by atoms with Gasteiger partial charge in [-0.2, -0.15) is 0 Å². The van der Waals surface area contributed by atoms with E-state index in [9.17, 15) is 4.79 Å². The van der Waals surface area contributed by atoms with Crippen LogP contribution in [0.3, 0.4) is 0 Å². The highest BCUT2D eigenvalue weighted by atomic mass is 16.6. The summed E-state index contributed by atoms with van der Waals surface area (Å²) in [5.74, 6) is 2.39. The number of rotatable bonds is 10. The van der Waals surface area contributed by atoms with Crippen LogP contribution in [-0.2, 0) is 16.1 Å². The molecule has 45 heavy (non-hydrogen) atoms. The van der Waals surface area contributed by atoms with Gasteiger partial charge in [0.15, 0.2) is 0 Å². The van der Waals surface area contributed by atoms with Crippen LogP contribution in [-0.4, -0.2) is 56.6 Å². The van der Waals surface area contributed by atoms with Crippen molar-refractivity contribution in [1.82, 2.24) is 4.90 Å². The number of carbonyl (C=O) groups is 1. The molecule has 1 aliphatic rings. The van der Waals surface area contributed by atoms with Gasteiger partial charge in [-0.15, -0.1) is 0 Å². The van der Waals surface area contributed by atoms with Gasteiger partial charge in [-0.05, 0) is 62.6 Å². The van der Waals surface area contributed by atoms with E-state index in [1.54, 1.807) is 19.1 Å². The Morgan fingerprint density at radius 1 is 0.911 bits per heavy atom. The first-order chi connectivity index (χ1) is 21.8. The molecule has 7 heteroatoms. The van der Waals surface area contributed by atoms with Gasteiger partial charge >= 0.3 is 6.09 Å². The summed E-state index contributed by atoms with van der Waals surface area (Å²) < 4.78 is 29.9. The van der Waals surface area contributed by atoms with Gasteiger partial charge in [-0.25, -0.2) is 4.79 Å². The van der Waals surface area contributed by atoms with E-state index in [1.165, 1.54) is 0 Å². The Morgan fingerprint density at radius 3 is 2.31 bits per heavy atom. The van der Waals surface area contributed by atoms with Crippen molar-refractivity contribution >= 4 is 22.9 Å². The van der Waals surface area contributed by atoms with E-state index >= 15 is 0 Å². The summed E-state index contributed by atoms with van der Waals surface area (Å²) in [5.41, 5.74) is 2.58. The third kappa shape index (κ3) is 8.17. The van der Waals surface area contributed by atoms with Crippen molar-refractivity contribution in [2.24, 2.45) is 0 Å². The molecule has 0 aromatic heterocycles. The Hall–Kier alpha value is -4.49. The van der Waals surface area contributed by atoms with Crippen LogP contribution < -0.4 is 14.2 Å². The summed E-state index contributed by atoms with van der Waals surface area (Å²) in [6.07, 6.45) is 4.20. The first kappa shape index (κ1) is 31.9. The van der Waals surface area contributed by atoms with Gasteiger partial charge < -0.3 is 28.6 Å². The van der Waals surface area contributed by atoms with Crippen LogP contribution >= 0.6 is 0 Å². The third-order valence-electron chi connectivity index (χ3n) is 7.89. The van der Waals surface area contributed by atoms with E-state index in [1.807, 2.05) is 87.5 Å². The normalized spacial score (nSPS) is 17.0. The minimum atomic E-state index is -0.578. The van der Waals surface area contributed by atoms with Crippen molar-refractivity contribution in [3.05, 3.63) is 108 Å². The molecule has 1 fully saturated rings. The summed E-state index contributed by atoms with van der Waals surface area (Å²) in [6, 6.07) is 28.3. The number of methoxy groups -OCH3 is 2. The average molecular weight is 610 g/mol. The van der Waals surface area contributed by atoms with Gasteiger partial charge in [-0.1, -0.05) is 72.8 Å². The fourth-order valence-electron chi connectivity index (χ4n) is 5.75. The van der Waals surface area contributed by atoms with Gasteiger partial charge in [0.05, 0.1) is 33.5 Å². The molecule has 0 saturated carbocycles. The lowest BCUT2D eigenvalue weighted by atomic mass is 9.87. The third-order valence-corrected chi connectivity index (χ3v) is 7.89. The van der Waals surface area contributed by atoms with E-state index in [0.717, 1.165) is 51.1 Å². The molecule has 1 saturated heterocycles. The highest BCUT2D eigenvalue weighted by Crippen LogP contribution is 2.38. The van der Waals surface area contributed by atoms with E-state index in [0.29, 0.717) is 26.3 Å². The number of ether oxygens (including phenoxy) is 5. The lowest BCUT2D eigenvalue weighted by Gasteiger charge is -2.39. The van der Waals surface area contributed by atoms with E-state index in [-0.39, 0.29) is 18.1 Å². The molecule has 236 valence electrons. The fourth-order valence-corrected chi connectivity index (χ4v) is 5.75. The second kappa shape index (κ2) is 14.5. The first-order valence-corrected chi connectivity index (χ1v) is 15.4. The first-order valence-electron chi connectivity index (χ1n) is 15.4. The maximum absolute atomic E-state index is 13.1. The number of hydrogen-bond donors (Lipinski definition) is 0. The summed E-state index contributed by atoms with van der Waals surface area (Å²) in [7, 11) is 3.34. The van der Waals surface area contributed by atoms with E-state index < -0.39 is 5.60 Å². The second-order valence-electron chi connectivity index (χ2n) is 12.2. The molecular formula is C38H43NO6. The van der Waals surface area contributed by atoms with Crippen LogP contribution in [0.2, 0.25) is 0 Å². The monoisotopic (exact) mass is 609 g/mol. The number of fused-ring (bicyclic) bond motifs is 1. The predicted molar refractivity (Wildman–Crippen MR) is 178 cm³/mol. The molecule has 0 radical (unpaired) electrons. The van der Waals surface area contributed by atoms with Crippen LogP contribution in [0.5, 0.6) is 17.2 Å². The minimum Gasteiger partial charge on any atom is -0.496 e. The Labute approximate surface area is 266 Å². The quantitative estimate of drug-likeness (QED) is 0.180. The van der Waals surface area contributed by atoms with Crippen LogP contribution in [0, 0.1) is 0 Å². The Balaban J connectivity index is 1.33. The van der Waals surface area contributed by atoms with Crippen molar-refractivity contribution in [2.45, 2.75) is 51.4 Å². The lowest BCUT2D eigenvalue weighted by molar-refractivity contribution is -0.0363. The highest BCUT2D eigenvalue weighted by molar-refractivity contribution is 5.94. The highest BCUT2D eigenvalue weighted by Gasteiger charge is 2.35. The second-order valence-corrected chi connectivity index (χ2v) is 12.2. The molecular weight excluding hydrogens is 566 g/mol. The number of nitrogens with zero attached hydrogens (tertiary/aromatic N) is 1. The molecule has 7 nitrogen and oxygen atoms in total. The van der Waals surface area contributed by atoms with Gasteiger partial charge in [0.2, 0.25) is 0 Å². The fraction of sp³-hybridized carbons (Fsp3) is 0.342. The molecule has 1 heterocycles. The SMILES string of the molecule is COc1cc(COC2CN(C(=O)OC(C)(C)C)CCC2c2ccc(OC/C=C/c3ccccc3)cc2)c(OC)c2ccccc12. The number of likely N-dealkylation sites (tertiary alicyclic amines) is 1. The van der Waals surface area contributed by atoms with Gasteiger partial charge in [0.25, 0.3) is 0 Å². The van der Waals surface area contributed by atoms with E-state index in [4.69, 9.17) is 23.7 Å². The summed E-state index contributed by atoms with van der Waals surface area (Å²) >= 11 is 0. The predicted octanol–water partition coefficient (Wildman–Crippen LogP) is 8.26. The zero-order valence-corrected chi connectivity index (χ0v) is 26.8. The van der Waals surface area contributed by atoms with Crippen LogP contribution in [0.1, 0.15) is 49.8 Å². The van der Waals surface area contributed by atoms with Gasteiger partial charge in [0, 0.05) is 28.8 Å². The van der Waals surface area contributed by atoms with Crippen molar-refractivity contribution in [3.8, 4) is 17.2 Å². The maximum Gasteiger partial charge on any atom is 0.410 e. The average Bonchev–Trinajstić information content (AvgIpc) is 3.05. The number of amides is 1. The molecule has 1 aliphatic heterocycles. The summed E-state index contributed by atoms with van der Waals surface area (Å²) in [4.78, 5) is 14.8. The lowest BCUT2D eigenvalue weighted by Crippen LogP contribution is -2.48. The molecule has 2 unspecified atom stereocenters. The topological polar surface area (TPSA) is 66.5 Å². The molecule has 0 bridgehead atoms. The summed E-state index contributed by atoms with van der Waals surface area (Å²) in [5, 5.41) is 1.94. The summed E-state index contributed by atoms with van der Waals surface area (Å²) in [6.45, 7) is 7.41. The molecule has 0 aliphatic carbocycles. The largest absolute Gasteiger partial charge is 0.496 e. The van der Waals surface area contributed by atoms with Crippen molar-refractivity contribution < 1.29 is 28.5 Å². The Morgan fingerprint density at radius 2 is 1.62 bits per heavy atom. The van der Waals surface area contributed by atoms with Gasteiger partial charge in [0.1, 0.15) is 29.5 Å². The Bertz CT molecular complexity index is 1590.